The zero-order chi connectivity index (χ0) is 48.7. The fraction of sp³-hybridized carbons (Fsp3) is 0.333. The number of fused-ring (bicyclic) bond motifs is 4. The van der Waals surface area contributed by atoms with Gasteiger partial charge in [-0.3, -0.25) is 0 Å². The fourth-order valence-corrected chi connectivity index (χ4v) is 9.18. The first-order valence-electron chi connectivity index (χ1n) is 24.3. The Labute approximate surface area is 427 Å². The molecule has 0 radical (unpaired) electrons. The van der Waals surface area contributed by atoms with E-state index < -0.39 is 0 Å². The van der Waals surface area contributed by atoms with Gasteiger partial charge >= 0.3 is 0 Å². The largest absolute Gasteiger partial charge is 0.509 e. The van der Waals surface area contributed by atoms with Gasteiger partial charge in [-0.15, -0.1) is 41.4 Å². The zero-order valence-corrected chi connectivity index (χ0v) is 45.7. The first-order valence-corrected chi connectivity index (χ1v) is 24.3. The second-order valence-electron chi connectivity index (χ2n) is 24.1. The molecule has 8 aromatic rings. The number of rotatable bonds is 7. The van der Waals surface area contributed by atoms with Gasteiger partial charge in [0.2, 0.25) is 0 Å². The summed E-state index contributed by atoms with van der Waals surface area (Å²) in [4.78, 5) is 9.52. The Morgan fingerprint density at radius 2 is 1.09 bits per heavy atom. The molecule has 5 nitrogen and oxygen atoms in total. The molecule has 0 fully saturated rings. The molecule has 1 aliphatic rings. The van der Waals surface area contributed by atoms with Crippen molar-refractivity contribution in [3.8, 4) is 28.4 Å². The predicted octanol–water partition coefficient (Wildman–Crippen LogP) is 17.0. The van der Waals surface area contributed by atoms with Crippen molar-refractivity contribution < 1.29 is 25.8 Å². The van der Waals surface area contributed by atoms with Crippen molar-refractivity contribution in [2.24, 2.45) is 0 Å². The van der Waals surface area contributed by atoms with Crippen LogP contribution in [0, 0.1) is 18.8 Å². The maximum Gasteiger partial charge on any atom is 0.135 e. The smallest absolute Gasteiger partial charge is 0.135 e. The number of benzene rings is 6. The molecule has 0 N–H and O–H groups in total. The first kappa shape index (κ1) is 49.8. The van der Waals surface area contributed by atoms with Crippen LogP contribution in [0.1, 0.15) is 137 Å². The summed E-state index contributed by atoms with van der Waals surface area (Å²) >= 11 is 0. The molecule has 0 bridgehead atoms. The molecule has 0 saturated heterocycles. The average molecular weight is 1090 g/mol. The summed E-state index contributed by atoms with van der Waals surface area (Å²) in [6.07, 6.45) is 1.92. The third-order valence-corrected chi connectivity index (χ3v) is 13.5. The van der Waals surface area contributed by atoms with E-state index in [1.165, 1.54) is 49.9 Å². The van der Waals surface area contributed by atoms with Crippen molar-refractivity contribution in [3.05, 3.63) is 180 Å². The fourth-order valence-electron chi connectivity index (χ4n) is 9.18. The molecule has 0 spiro atoms. The van der Waals surface area contributed by atoms with E-state index in [2.05, 4.69) is 240 Å². The molecule has 3 heterocycles. The second-order valence-corrected chi connectivity index (χ2v) is 24.1. The maximum absolute atomic E-state index is 6.70. The van der Waals surface area contributed by atoms with Crippen molar-refractivity contribution in [2.45, 2.75) is 137 Å². The normalized spacial score (nSPS) is 13.6. The van der Waals surface area contributed by atoms with Gasteiger partial charge in [0.05, 0.1) is 0 Å². The molecule has 9 rings (SSSR count). The van der Waals surface area contributed by atoms with Crippen molar-refractivity contribution >= 4 is 38.9 Å². The number of para-hydroxylation sites is 2. The minimum atomic E-state index is -0.0320. The van der Waals surface area contributed by atoms with E-state index >= 15 is 0 Å². The molecule has 0 unspecified atom stereocenters. The van der Waals surface area contributed by atoms with Crippen LogP contribution in [0.5, 0.6) is 11.5 Å². The van der Waals surface area contributed by atoms with E-state index in [-0.39, 0.29) is 48.1 Å². The van der Waals surface area contributed by atoms with Crippen molar-refractivity contribution in [1.29, 1.82) is 0 Å². The predicted molar refractivity (Wildman–Crippen MR) is 287 cm³/mol. The summed E-state index contributed by atoms with van der Waals surface area (Å²) in [5.41, 5.74) is 15.5. The van der Waals surface area contributed by atoms with E-state index in [4.69, 9.17) is 9.72 Å². The van der Waals surface area contributed by atoms with Gasteiger partial charge in [0.25, 0.3) is 0 Å². The Morgan fingerprint density at radius 3 is 1.72 bits per heavy atom. The number of aromatic nitrogens is 2. The van der Waals surface area contributed by atoms with E-state index in [0.717, 1.165) is 39.3 Å². The quantitative estimate of drug-likeness (QED) is 0.149. The number of hydrogen-bond donors (Lipinski definition) is 0. The summed E-state index contributed by atoms with van der Waals surface area (Å²) < 4.78 is 8.93. The van der Waals surface area contributed by atoms with Crippen LogP contribution in [0.4, 0.5) is 17.1 Å². The van der Waals surface area contributed by atoms with Gasteiger partial charge in [-0.1, -0.05) is 164 Å². The number of nitrogens with zero attached hydrogens (tertiary/aromatic N) is 4. The van der Waals surface area contributed by atoms with Crippen LogP contribution in [-0.4, -0.2) is 9.55 Å². The zero-order valence-electron chi connectivity index (χ0n) is 43.4. The van der Waals surface area contributed by atoms with Crippen LogP contribution in [0.3, 0.4) is 0 Å². The summed E-state index contributed by atoms with van der Waals surface area (Å²) in [6, 6.07) is 51.8. The molecule has 6 aromatic carbocycles. The molecule has 69 heavy (non-hydrogen) atoms. The SMILES string of the molecule is CC(C)(C)c1cc(CN2[CH-]N(c3[c-]c(Oc4[c-]c5c(cc4)c4cc(C(C)(C)C)ccc4n5-c4cc(C(C)(C)C)ccn4)ccc3)c3ccccc32)cc(-c2cc(C(C)(C)C)cc(C(C)(C)C)c2)c1.[Pt]. The van der Waals surface area contributed by atoms with Crippen LogP contribution in [0.25, 0.3) is 38.8 Å². The Kier molecular flexibility index (Phi) is 12.9. The van der Waals surface area contributed by atoms with Gasteiger partial charge in [0.15, 0.2) is 0 Å². The third kappa shape index (κ3) is 10.2. The minimum absolute atomic E-state index is 0. The average Bonchev–Trinajstić information content (AvgIpc) is 3.79. The molecule has 0 aliphatic carbocycles. The van der Waals surface area contributed by atoms with Crippen molar-refractivity contribution in [2.75, 3.05) is 9.80 Å². The summed E-state index contributed by atoms with van der Waals surface area (Å²) in [6.45, 7) is 37.2. The standard InChI is InChI=1S/C63H69N4O.Pt/c1-59(2,3)44-23-26-54-53(35-44)52-25-24-51(38-57(52)67(54)58-36-45(27-28-64-58)60(4,5)6)68-50-20-18-19-49(37-50)66-40-65(55-21-16-17-22-56(55)66)39-41-29-42(31-46(30-41)61(7,8)9)43-32-47(62(10,11)12)34-48(33-43)63(13,14)15;/h16-36,40H,39H2,1-15H3;/q-3;. The van der Waals surface area contributed by atoms with E-state index in [1.807, 2.05) is 24.4 Å². The van der Waals surface area contributed by atoms with Gasteiger partial charge in [0, 0.05) is 62.2 Å². The van der Waals surface area contributed by atoms with Crippen LogP contribution in [0.2, 0.25) is 0 Å². The van der Waals surface area contributed by atoms with Crippen LogP contribution in [0.15, 0.2) is 128 Å². The Bertz CT molecular complexity index is 3160. The number of anilines is 3. The van der Waals surface area contributed by atoms with Gasteiger partial charge < -0.3 is 19.1 Å². The molecular weight excluding hydrogens is 1020 g/mol. The first-order chi connectivity index (χ1) is 31.8. The molecule has 0 saturated carbocycles. The van der Waals surface area contributed by atoms with Crippen molar-refractivity contribution in [1.82, 2.24) is 9.55 Å². The number of pyridine rings is 1. The van der Waals surface area contributed by atoms with Crippen molar-refractivity contribution in [3.63, 3.8) is 0 Å². The molecular formula is C63H69N4OPt-3. The number of hydrogen-bond acceptors (Lipinski definition) is 4. The molecule has 0 atom stereocenters. The van der Waals surface area contributed by atoms with Crippen LogP contribution in [-0.2, 0) is 54.7 Å². The van der Waals surface area contributed by atoms with Gasteiger partial charge in [-0.2, -0.15) is 18.8 Å². The maximum atomic E-state index is 6.70. The Balaban J connectivity index is 0.00000642. The molecule has 1 aliphatic heterocycles. The summed E-state index contributed by atoms with van der Waals surface area (Å²) in [7, 11) is 0. The third-order valence-electron chi connectivity index (χ3n) is 13.5. The minimum Gasteiger partial charge on any atom is -0.509 e. The topological polar surface area (TPSA) is 33.5 Å². The van der Waals surface area contributed by atoms with E-state index in [0.29, 0.717) is 18.0 Å². The monoisotopic (exact) mass is 1090 g/mol. The van der Waals surface area contributed by atoms with Crippen LogP contribution < -0.4 is 14.5 Å². The van der Waals surface area contributed by atoms with Gasteiger partial charge in [-0.25, -0.2) is 4.98 Å². The molecule has 0 amide bonds. The Hall–Kier alpha value is -5.64. The second kappa shape index (κ2) is 18.0. The number of ether oxygens (including phenoxy) is 1. The summed E-state index contributed by atoms with van der Waals surface area (Å²) in [5.74, 6) is 2.09. The Morgan fingerprint density at radius 1 is 0.507 bits per heavy atom. The van der Waals surface area contributed by atoms with Gasteiger partial charge in [-0.05, 0) is 113 Å². The summed E-state index contributed by atoms with van der Waals surface area (Å²) in [5, 5.41) is 2.28. The molecule has 6 heteroatoms. The van der Waals surface area contributed by atoms with Gasteiger partial charge in [0.1, 0.15) is 5.82 Å². The van der Waals surface area contributed by atoms with Crippen LogP contribution >= 0.6 is 0 Å². The molecule has 360 valence electrons. The van der Waals surface area contributed by atoms with E-state index in [9.17, 15) is 0 Å². The van der Waals surface area contributed by atoms with E-state index in [1.54, 1.807) is 0 Å². The molecule has 2 aromatic heterocycles.